The maximum atomic E-state index is 11.8. The molecule has 22 heavy (non-hydrogen) atoms. The van der Waals surface area contributed by atoms with Crippen LogP contribution < -0.4 is 15.4 Å². The van der Waals surface area contributed by atoms with Gasteiger partial charge in [-0.25, -0.2) is 4.79 Å². The SMILES string of the molecule is CCc1ccc(NC(=O)NCCc2ccc(OC)cc2)cc1. The van der Waals surface area contributed by atoms with E-state index in [2.05, 4.69) is 17.6 Å². The number of urea groups is 1. The van der Waals surface area contributed by atoms with E-state index in [9.17, 15) is 4.79 Å². The monoisotopic (exact) mass is 298 g/mol. The molecule has 116 valence electrons. The molecule has 0 atom stereocenters. The van der Waals surface area contributed by atoms with E-state index < -0.39 is 0 Å². The van der Waals surface area contributed by atoms with Crippen LogP contribution in [0.25, 0.3) is 0 Å². The molecule has 2 amide bonds. The zero-order chi connectivity index (χ0) is 15.8. The summed E-state index contributed by atoms with van der Waals surface area (Å²) in [5.74, 6) is 0.838. The molecule has 0 fully saturated rings. The normalized spacial score (nSPS) is 10.1. The lowest BCUT2D eigenvalue weighted by Crippen LogP contribution is -2.30. The largest absolute Gasteiger partial charge is 0.497 e. The number of anilines is 1. The number of aryl methyl sites for hydroxylation is 1. The summed E-state index contributed by atoms with van der Waals surface area (Å²) in [7, 11) is 1.65. The van der Waals surface area contributed by atoms with Gasteiger partial charge in [0.15, 0.2) is 0 Å². The van der Waals surface area contributed by atoms with Gasteiger partial charge in [-0.2, -0.15) is 0 Å². The van der Waals surface area contributed by atoms with Crippen molar-refractivity contribution in [3.8, 4) is 5.75 Å². The first-order valence-electron chi connectivity index (χ1n) is 7.48. The number of benzene rings is 2. The Morgan fingerprint density at radius 2 is 1.64 bits per heavy atom. The Morgan fingerprint density at radius 1 is 1.00 bits per heavy atom. The van der Waals surface area contributed by atoms with Crippen molar-refractivity contribution in [2.24, 2.45) is 0 Å². The maximum absolute atomic E-state index is 11.8. The minimum Gasteiger partial charge on any atom is -0.497 e. The molecule has 0 aliphatic rings. The summed E-state index contributed by atoms with van der Waals surface area (Å²) in [5, 5.41) is 5.68. The Morgan fingerprint density at radius 3 is 2.23 bits per heavy atom. The third-order valence-corrected chi connectivity index (χ3v) is 3.48. The Kier molecular flexibility index (Phi) is 5.83. The van der Waals surface area contributed by atoms with Crippen molar-refractivity contribution in [2.75, 3.05) is 19.0 Å². The van der Waals surface area contributed by atoms with Crippen LogP contribution in [0.4, 0.5) is 10.5 Å². The molecule has 0 spiro atoms. The molecule has 2 aromatic rings. The minimum absolute atomic E-state index is 0.183. The van der Waals surface area contributed by atoms with E-state index in [4.69, 9.17) is 4.74 Å². The fourth-order valence-electron chi connectivity index (χ4n) is 2.11. The van der Waals surface area contributed by atoms with Crippen LogP contribution in [0.3, 0.4) is 0 Å². The average molecular weight is 298 g/mol. The van der Waals surface area contributed by atoms with Crippen LogP contribution in [-0.2, 0) is 12.8 Å². The highest BCUT2D eigenvalue weighted by molar-refractivity contribution is 5.89. The fraction of sp³-hybridized carbons (Fsp3) is 0.278. The molecule has 2 rings (SSSR count). The highest BCUT2D eigenvalue weighted by Gasteiger charge is 2.01. The molecule has 4 nitrogen and oxygen atoms in total. The van der Waals surface area contributed by atoms with E-state index in [-0.39, 0.29) is 6.03 Å². The van der Waals surface area contributed by atoms with Crippen LogP contribution >= 0.6 is 0 Å². The van der Waals surface area contributed by atoms with Crippen molar-refractivity contribution < 1.29 is 9.53 Å². The third kappa shape index (κ3) is 4.81. The summed E-state index contributed by atoms with van der Waals surface area (Å²) < 4.78 is 5.11. The summed E-state index contributed by atoms with van der Waals surface area (Å²) >= 11 is 0. The summed E-state index contributed by atoms with van der Waals surface area (Å²) in [5.41, 5.74) is 3.22. The number of rotatable bonds is 6. The number of nitrogens with one attached hydrogen (secondary N) is 2. The first kappa shape index (κ1) is 15.9. The number of hydrogen-bond donors (Lipinski definition) is 2. The van der Waals surface area contributed by atoms with Crippen LogP contribution in [0, 0.1) is 0 Å². The second-order valence-electron chi connectivity index (χ2n) is 5.03. The van der Waals surface area contributed by atoms with Crippen molar-refractivity contribution in [1.29, 1.82) is 0 Å². The van der Waals surface area contributed by atoms with Gasteiger partial charge in [0, 0.05) is 12.2 Å². The Labute approximate surface area is 131 Å². The molecular formula is C18H22N2O2. The Hall–Kier alpha value is -2.49. The predicted octanol–water partition coefficient (Wildman–Crippen LogP) is 3.62. The topological polar surface area (TPSA) is 50.4 Å². The fourth-order valence-corrected chi connectivity index (χ4v) is 2.11. The number of carbonyl (C=O) groups is 1. The van der Waals surface area contributed by atoms with Gasteiger partial charge in [-0.1, -0.05) is 31.2 Å². The molecule has 0 heterocycles. The zero-order valence-corrected chi connectivity index (χ0v) is 13.1. The highest BCUT2D eigenvalue weighted by atomic mass is 16.5. The molecule has 0 aliphatic heterocycles. The lowest BCUT2D eigenvalue weighted by atomic mass is 10.1. The maximum Gasteiger partial charge on any atom is 0.319 e. The molecular weight excluding hydrogens is 276 g/mol. The first-order chi connectivity index (χ1) is 10.7. The van der Waals surface area contributed by atoms with Crippen molar-refractivity contribution >= 4 is 11.7 Å². The van der Waals surface area contributed by atoms with Crippen LogP contribution in [0.15, 0.2) is 48.5 Å². The van der Waals surface area contributed by atoms with Crippen LogP contribution in [0.5, 0.6) is 5.75 Å². The van der Waals surface area contributed by atoms with Crippen LogP contribution in [0.2, 0.25) is 0 Å². The van der Waals surface area contributed by atoms with Crippen molar-refractivity contribution in [3.05, 3.63) is 59.7 Å². The van der Waals surface area contributed by atoms with E-state index in [1.165, 1.54) is 5.56 Å². The average Bonchev–Trinajstić information content (AvgIpc) is 2.56. The van der Waals surface area contributed by atoms with E-state index >= 15 is 0 Å². The molecule has 0 radical (unpaired) electrons. The zero-order valence-electron chi connectivity index (χ0n) is 13.1. The lowest BCUT2D eigenvalue weighted by Gasteiger charge is -2.08. The van der Waals surface area contributed by atoms with Crippen LogP contribution in [0.1, 0.15) is 18.1 Å². The van der Waals surface area contributed by atoms with Gasteiger partial charge >= 0.3 is 6.03 Å². The van der Waals surface area contributed by atoms with E-state index in [1.807, 2.05) is 48.5 Å². The van der Waals surface area contributed by atoms with Gasteiger partial charge in [-0.15, -0.1) is 0 Å². The lowest BCUT2D eigenvalue weighted by molar-refractivity contribution is 0.252. The van der Waals surface area contributed by atoms with Gasteiger partial charge in [0.1, 0.15) is 5.75 Å². The molecule has 0 aromatic heterocycles. The first-order valence-corrected chi connectivity index (χ1v) is 7.48. The number of methoxy groups -OCH3 is 1. The predicted molar refractivity (Wildman–Crippen MR) is 89.5 cm³/mol. The minimum atomic E-state index is -0.183. The quantitative estimate of drug-likeness (QED) is 0.855. The smallest absolute Gasteiger partial charge is 0.319 e. The summed E-state index contributed by atoms with van der Waals surface area (Å²) in [6.07, 6.45) is 1.78. The van der Waals surface area contributed by atoms with Gasteiger partial charge in [-0.05, 0) is 48.2 Å². The third-order valence-electron chi connectivity index (χ3n) is 3.48. The molecule has 0 saturated carbocycles. The molecule has 2 aromatic carbocycles. The van der Waals surface area contributed by atoms with Gasteiger partial charge in [0.2, 0.25) is 0 Å². The van der Waals surface area contributed by atoms with Crippen molar-refractivity contribution in [2.45, 2.75) is 19.8 Å². The summed E-state index contributed by atoms with van der Waals surface area (Å²) in [6, 6.07) is 15.5. The van der Waals surface area contributed by atoms with E-state index in [0.29, 0.717) is 6.54 Å². The molecule has 0 bridgehead atoms. The molecule has 0 unspecified atom stereocenters. The Balaban J connectivity index is 1.74. The molecule has 4 heteroatoms. The highest BCUT2D eigenvalue weighted by Crippen LogP contribution is 2.12. The van der Waals surface area contributed by atoms with Crippen LogP contribution in [-0.4, -0.2) is 19.7 Å². The second-order valence-corrected chi connectivity index (χ2v) is 5.03. The molecule has 0 aliphatic carbocycles. The summed E-state index contributed by atoms with van der Waals surface area (Å²) in [6.45, 7) is 2.69. The van der Waals surface area contributed by atoms with Gasteiger partial charge < -0.3 is 15.4 Å². The van der Waals surface area contributed by atoms with E-state index in [1.54, 1.807) is 7.11 Å². The standard InChI is InChI=1S/C18H22N2O2/c1-3-14-4-8-16(9-5-14)20-18(21)19-13-12-15-6-10-17(22-2)11-7-15/h4-11H,3,12-13H2,1-2H3,(H2,19,20,21). The van der Waals surface area contributed by atoms with Crippen molar-refractivity contribution in [3.63, 3.8) is 0 Å². The summed E-state index contributed by atoms with van der Waals surface area (Å²) in [4.78, 5) is 11.8. The second kappa shape index (κ2) is 8.08. The number of amides is 2. The van der Waals surface area contributed by atoms with Gasteiger partial charge in [0.25, 0.3) is 0 Å². The number of ether oxygens (including phenoxy) is 1. The van der Waals surface area contributed by atoms with Gasteiger partial charge in [0.05, 0.1) is 7.11 Å². The van der Waals surface area contributed by atoms with Gasteiger partial charge in [-0.3, -0.25) is 0 Å². The number of carbonyl (C=O) groups excluding carboxylic acids is 1. The molecule has 2 N–H and O–H groups in total. The number of hydrogen-bond acceptors (Lipinski definition) is 2. The van der Waals surface area contributed by atoms with E-state index in [0.717, 1.165) is 29.8 Å². The Bertz CT molecular complexity index is 591. The van der Waals surface area contributed by atoms with Crippen molar-refractivity contribution in [1.82, 2.24) is 5.32 Å². The molecule has 0 saturated heterocycles.